The standard InChI is InChI=1S/C13H12N4O3S2/c14-22(18,19)12-8-16-13(21-12)15-7-10-6-11(20-17-10)9-4-2-1-3-5-9/h1-6,8H,7H2,(H,15,16)(H2,14,18,19). The van der Waals surface area contributed by atoms with Crippen LogP contribution in [-0.4, -0.2) is 18.6 Å². The van der Waals surface area contributed by atoms with Gasteiger partial charge in [0.1, 0.15) is 5.69 Å². The molecule has 1 aromatic carbocycles. The molecule has 3 N–H and O–H groups in total. The van der Waals surface area contributed by atoms with Crippen LogP contribution in [-0.2, 0) is 16.6 Å². The van der Waals surface area contributed by atoms with E-state index in [9.17, 15) is 8.42 Å². The molecule has 0 atom stereocenters. The van der Waals surface area contributed by atoms with Crippen molar-refractivity contribution in [1.82, 2.24) is 10.1 Å². The Bertz CT molecular complexity index is 872. The Morgan fingerprint density at radius 3 is 2.73 bits per heavy atom. The largest absolute Gasteiger partial charge is 0.356 e. The maximum atomic E-state index is 11.2. The van der Waals surface area contributed by atoms with Gasteiger partial charge in [-0.25, -0.2) is 18.5 Å². The summed E-state index contributed by atoms with van der Waals surface area (Å²) in [5.41, 5.74) is 1.62. The summed E-state index contributed by atoms with van der Waals surface area (Å²) >= 11 is 0.969. The van der Waals surface area contributed by atoms with Gasteiger partial charge in [0.25, 0.3) is 0 Å². The minimum absolute atomic E-state index is 0.0140. The predicted molar refractivity (Wildman–Crippen MR) is 82.8 cm³/mol. The van der Waals surface area contributed by atoms with Crippen LogP contribution < -0.4 is 10.5 Å². The third-order valence-corrected chi connectivity index (χ3v) is 5.17. The smallest absolute Gasteiger partial charge is 0.249 e. The molecule has 0 fully saturated rings. The summed E-state index contributed by atoms with van der Waals surface area (Å²) in [5.74, 6) is 0.668. The Morgan fingerprint density at radius 2 is 2.05 bits per heavy atom. The van der Waals surface area contributed by atoms with Crippen molar-refractivity contribution in [1.29, 1.82) is 0 Å². The first kappa shape index (κ1) is 14.7. The fourth-order valence-corrected chi connectivity index (χ4v) is 3.22. The van der Waals surface area contributed by atoms with E-state index in [1.54, 1.807) is 0 Å². The predicted octanol–water partition coefficient (Wildman–Crippen LogP) is 2.06. The maximum Gasteiger partial charge on any atom is 0.249 e. The lowest BCUT2D eigenvalue weighted by atomic mass is 10.2. The van der Waals surface area contributed by atoms with Crippen LogP contribution in [0.2, 0.25) is 0 Å². The highest BCUT2D eigenvalue weighted by molar-refractivity contribution is 7.91. The third kappa shape index (κ3) is 3.32. The number of thiazole rings is 1. The summed E-state index contributed by atoms with van der Waals surface area (Å²) in [7, 11) is -3.71. The van der Waals surface area contributed by atoms with Gasteiger partial charge >= 0.3 is 0 Å². The summed E-state index contributed by atoms with van der Waals surface area (Å²) in [6.45, 7) is 0.369. The molecule has 2 aromatic heterocycles. The highest BCUT2D eigenvalue weighted by Crippen LogP contribution is 2.23. The number of nitrogens with two attached hydrogens (primary N) is 1. The van der Waals surface area contributed by atoms with Gasteiger partial charge < -0.3 is 9.84 Å². The van der Waals surface area contributed by atoms with E-state index in [4.69, 9.17) is 9.66 Å². The van der Waals surface area contributed by atoms with Gasteiger partial charge in [-0.15, -0.1) is 0 Å². The molecule has 22 heavy (non-hydrogen) atoms. The Balaban J connectivity index is 1.68. The summed E-state index contributed by atoms with van der Waals surface area (Å²) in [6, 6.07) is 11.4. The van der Waals surface area contributed by atoms with E-state index in [0.29, 0.717) is 23.1 Å². The van der Waals surface area contributed by atoms with Gasteiger partial charge in [-0.2, -0.15) is 0 Å². The molecule has 3 rings (SSSR count). The Labute approximate surface area is 130 Å². The average Bonchev–Trinajstić information content (AvgIpc) is 3.15. The van der Waals surface area contributed by atoms with Crippen LogP contribution in [0.1, 0.15) is 5.69 Å². The van der Waals surface area contributed by atoms with Crippen molar-refractivity contribution in [3.05, 3.63) is 48.3 Å². The maximum absolute atomic E-state index is 11.2. The molecular formula is C13H12N4O3S2. The van der Waals surface area contributed by atoms with Gasteiger partial charge in [-0.1, -0.05) is 46.8 Å². The molecule has 0 radical (unpaired) electrons. The number of nitrogens with one attached hydrogen (secondary N) is 1. The zero-order valence-corrected chi connectivity index (χ0v) is 12.9. The molecule has 114 valence electrons. The number of anilines is 1. The van der Waals surface area contributed by atoms with Crippen LogP contribution in [0.25, 0.3) is 11.3 Å². The highest BCUT2D eigenvalue weighted by Gasteiger charge is 2.13. The lowest BCUT2D eigenvalue weighted by Crippen LogP contribution is -2.09. The first-order valence-electron chi connectivity index (χ1n) is 6.26. The minimum Gasteiger partial charge on any atom is -0.356 e. The second-order valence-electron chi connectivity index (χ2n) is 4.43. The Kier molecular flexibility index (Phi) is 3.92. The van der Waals surface area contributed by atoms with Gasteiger partial charge in [0.05, 0.1) is 12.7 Å². The molecule has 0 bridgehead atoms. The average molecular weight is 336 g/mol. The second kappa shape index (κ2) is 5.87. The van der Waals surface area contributed by atoms with Crippen molar-refractivity contribution in [2.75, 3.05) is 5.32 Å². The molecule has 0 aliphatic heterocycles. The molecule has 9 heteroatoms. The summed E-state index contributed by atoms with van der Waals surface area (Å²) in [6.07, 6.45) is 1.22. The van der Waals surface area contributed by atoms with Gasteiger partial charge in [0.15, 0.2) is 15.1 Å². The molecule has 0 aliphatic rings. The third-order valence-electron chi connectivity index (χ3n) is 2.80. The summed E-state index contributed by atoms with van der Waals surface area (Å²) in [5, 5.41) is 12.4. The monoisotopic (exact) mass is 336 g/mol. The molecular weight excluding hydrogens is 324 g/mol. The molecule has 0 saturated carbocycles. The fraction of sp³-hybridized carbons (Fsp3) is 0.0769. The second-order valence-corrected chi connectivity index (χ2v) is 7.25. The van der Waals surface area contributed by atoms with Gasteiger partial charge in [0.2, 0.25) is 10.0 Å². The van der Waals surface area contributed by atoms with E-state index in [1.165, 1.54) is 6.20 Å². The van der Waals surface area contributed by atoms with E-state index in [-0.39, 0.29) is 4.21 Å². The first-order valence-corrected chi connectivity index (χ1v) is 8.62. The van der Waals surface area contributed by atoms with Crippen molar-refractivity contribution < 1.29 is 12.9 Å². The van der Waals surface area contributed by atoms with Crippen LogP contribution in [0.5, 0.6) is 0 Å². The minimum atomic E-state index is -3.71. The molecule has 3 aromatic rings. The van der Waals surface area contributed by atoms with Crippen molar-refractivity contribution in [3.8, 4) is 11.3 Å². The van der Waals surface area contributed by atoms with E-state index in [1.807, 2.05) is 36.4 Å². The van der Waals surface area contributed by atoms with Crippen molar-refractivity contribution in [2.45, 2.75) is 10.8 Å². The van der Waals surface area contributed by atoms with Crippen molar-refractivity contribution in [2.24, 2.45) is 5.14 Å². The topological polar surface area (TPSA) is 111 Å². The van der Waals surface area contributed by atoms with Crippen molar-refractivity contribution >= 4 is 26.5 Å². The normalized spacial score (nSPS) is 11.5. The van der Waals surface area contributed by atoms with Crippen LogP contribution in [0.3, 0.4) is 0 Å². The van der Waals surface area contributed by atoms with Crippen LogP contribution in [0.15, 0.2) is 51.3 Å². The number of hydrogen-bond donors (Lipinski definition) is 2. The SMILES string of the molecule is NS(=O)(=O)c1cnc(NCc2cc(-c3ccccc3)on2)s1. The molecule has 0 saturated heterocycles. The Morgan fingerprint density at radius 1 is 1.27 bits per heavy atom. The van der Waals surface area contributed by atoms with Gasteiger partial charge in [-0.05, 0) is 0 Å². The van der Waals surface area contributed by atoms with Gasteiger partial charge in [-0.3, -0.25) is 0 Å². The van der Waals surface area contributed by atoms with E-state index in [0.717, 1.165) is 16.9 Å². The first-order chi connectivity index (χ1) is 10.5. The molecule has 0 amide bonds. The van der Waals surface area contributed by atoms with Gasteiger partial charge in [0, 0.05) is 11.6 Å². The lowest BCUT2D eigenvalue weighted by molar-refractivity contribution is 0.424. The quantitative estimate of drug-likeness (QED) is 0.737. The number of nitrogens with zero attached hydrogens (tertiary/aromatic N) is 2. The molecule has 7 nitrogen and oxygen atoms in total. The summed E-state index contributed by atoms with van der Waals surface area (Å²) < 4.78 is 27.6. The number of hydrogen-bond acceptors (Lipinski definition) is 7. The molecule has 2 heterocycles. The highest BCUT2D eigenvalue weighted by atomic mass is 32.2. The zero-order valence-electron chi connectivity index (χ0n) is 11.3. The molecule has 0 unspecified atom stereocenters. The number of benzene rings is 1. The van der Waals surface area contributed by atoms with Crippen LogP contribution in [0, 0.1) is 0 Å². The zero-order chi connectivity index (χ0) is 15.6. The van der Waals surface area contributed by atoms with E-state index >= 15 is 0 Å². The number of rotatable bonds is 5. The number of sulfonamides is 1. The van der Waals surface area contributed by atoms with Crippen molar-refractivity contribution in [3.63, 3.8) is 0 Å². The van der Waals surface area contributed by atoms with E-state index in [2.05, 4.69) is 15.5 Å². The van der Waals surface area contributed by atoms with E-state index < -0.39 is 10.0 Å². The fourth-order valence-electron chi connectivity index (χ4n) is 1.77. The summed E-state index contributed by atoms with van der Waals surface area (Å²) in [4.78, 5) is 3.95. The lowest BCUT2D eigenvalue weighted by Gasteiger charge is -1.97. The Hall–Kier alpha value is -2.23. The molecule has 0 spiro atoms. The number of aromatic nitrogens is 2. The molecule has 0 aliphatic carbocycles. The van der Waals surface area contributed by atoms with Crippen LogP contribution >= 0.6 is 11.3 Å². The van der Waals surface area contributed by atoms with Crippen LogP contribution in [0.4, 0.5) is 5.13 Å². The number of primary sulfonamides is 1.